The van der Waals surface area contributed by atoms with Crippen LogP contribution >= 0.6 is 11.8 Å². The maximum absolute atomic E-state index is 6.17. The van der Waals surface area contributed by atoms with Crippen molar-refractivity contribution in [3.05, 3.63) is 29.8 Å². The minimum absolute atomic E-state index is 0.197. The minimum atomic E-state index is 0.197. The largest absolute Gasteiger partial charge is 0.324 e. The molecule has 0 saturated heterocycles. The van der Waals surface area contributed by atoms with Gasteiger partial charge in [-0.15, -0.1) is 11.8 Å². The predicted octanol–water partition coefficient (Wildman–Crippen LogP) is 4.38. The fraction of sp³-hybridized carbons (Fsp3) is 0.600. The summed E-state index contributed by atoms with van der Waals surface area (Å²) in [4.78, 5) is 1.40. The van der Waals surface area contributed by atoms with Gasteiger partial charge in [-0.3, -0.25) is 0 Å². The number of nitrogens with two attached hydrogens (primary N) is 1. The van der Waals surface area contributed by atoms with Gasteiger partial charge < -0.3 is 5.73 Å². The molecular formula is C15H23NS. The Labute approximate surface area is 109 Å². The van der Waals surface area contributed by atoms with Crippen molar-refractivity contribution in [1.82, 2.24) is 0 Å². The van der Waals surface area contributed by atoms with Crippen molar-refractivity contribution in [1.29, 1.82) is 0 Å². The first kappa shape index (κ1) is 13.0. The second-order valence-corrected chi connectivity index (χ2v) is 6.08. The predicted molar refractivity (Wildman–Crippen MR) is 76.3 cm³/mol. The third-order valence-electron chi connectivity index (χ3n) is 3.71. The van der Waals surface area contributed by atoms with Gasteiger partial charge in [0.1, 0.15) is 0 Å². The van der Waals surface area contributed by atoms with E-state index in [1.807, 2.05) is 11.8 Å². The third kappa shape index (κ3) is 3.49. The maximum Gasteiger partial charge on any atom is 0.0303 e. The Balaban J connectivity index is 1.98. The van der Waals surface area contributed by atoms with Crippen molar-refractivity contribution >= 4 is 11.8 Å². The molecule has 1 atom stereocenters. The lowest BCUT2D eigenvalue weighted by Crippen LogP contribution is -2.10. The van der Waals surface area contributed by atoms with Crippen LogP contribution in [-0.4, -0.2) is 5.75 Å². The molecule has 1 aliphatic carbocycles. The van der Waals surface area contributed by atoms with Crippen molar-refractivity contribution in [3.63, 3.8) is 0 Å². The summed E-state index contributed by atoms with van der Waals surface area (Å²) in [5.41, 5.74) is 7.50. The fourth-order valence-electron chi connectivity index (χ4n) is 2.52. The summed E-state index contributed by atoms with van der Waals surface area (Å²) in [6.45, 7) is 2.16. The Kier molecular flexibility index (Phi) is 4.93. The van der Waals surface area contributed by atoms with E-state index in [9.17, 15) is 0 Å². The molecule has 1 aromatic carbocycles. The van der Waals surface area contributed by atoms with Gasteiger partial charge in [0.05, 0.1) is 0 Å². The van der Waals surface area contributed by atoms with Crippen LogP contribution in [0.15, 0.2) is 29.2 Å². The van der Waals surface area contributed by atoms with Gasteiger partial charge in [0.25, 0.3) is 0 Å². The SMILES string of the molecule is CC[C@H](N)c1ccccc1SCC1CCCC1. The number of thioether (sulfide) groups is 1. The summed E-state index contributed by atoms with van der Waals surface area (Å²) in [6, 6.07) is 8.84. The molecule has 1 nitrogen and oxygen atoms in total. The molecule has 2 N–H and O–H groups in total. The highest BCUT2D eigenvalue weighted by atomic mass is 32.2. The highest BCUT2D eigenvalue weighted by Crippen LogP contribution is 2.33. The molecule has 0 aromatic heterocycles. The molecule has 1 saturated carbocycles. The number of rotatable bonds is 5. The van der Waals surface area contributed by atoms with E-state index in [1.165, 1.54) is 41.9 Å². The first-order valence-corrected chi connectivity index (χ1v) is 7.77. The molecule has 2 rings (SSSR count). The van der Waals surface area contributed by atoms with Crippen LogP contribution < -0.4 is 5.73 Å². The van der Waals surface area contributed by atoms with Gasteiger partial charge in [-0.05, 0) is 36.8 Å². The Morgan fingerprint density at radius 3 is 2.71 bits per heavy atom. The smallest absolute Gasteiger partial charge is 0.0303 e. The van der Waals surface area contributed by atoms with Crippen LogP contribution in [-0.2, 0) is 0 Å². The van der Waals surface area contributed by atoms with Crippen LogP contribution in [0.2, 0.25) is 0 Å². The Bertz CT molecular complexity index is 345. The second-order valence-electron chi connectivity index (χ2n) is 5.01. The van der Waals surface area contributed by atoms with Gasteiger partial charge in [-0.1, -0.05) is 38.0 Å². The van der Waals surface area contributed by atoms with Crippen molar-refractivity contribution < 1.29 is 0 Å². The lowest BCUT2D eigenvalue weighted by molar-refractivity contribution is 0.622. The van der Waals surface area contributed by atoms with E-state index in [0.29, 0.717) is 0 Å². The van der Waals surface area contributed by atoms with Gasteiger partial charge in [-0.25, -0.2) is 0 Å². The number of hydrogen-bond acceptors (Lipinski definition) is 2. The highest BCUT2D eigenvalue weighted by Gasteiger charge is 2.16. The zero-order valence-corrected chi connectivity index (χ0v) is 11.5. The van der Waals surface area contributed by atoms with Gasteiger partial charge in [0.15, 0.2) is 0 Å². The highest BCUT2D eigenvalue weighted by molar-refractivity contribution is 7.99. The quantitative estimate of drug-likeness (QED) is 0.784. The summed E-state index contributed by atoms with van der Waals surface area (Å²) in [7, 11) is 0. The topological polar surface area (TPSA) is 26.0 Å². The lowest BCUT2D eigenvalue weighted by atomic mass is 10.1. The Hall–Kier alpha value is -0.470. The summed E-state index contributed by atoms with van der Waals surface area (Å²) < 4.78 is 0. The zero-order chi connectivity index (χ0) is 12.1. The molecule has 0 bridgehead atoms. The van der Waals surface area contributed by atoms with Crippen molar-refractivity contribution in [3.8, 4) is 0 Å². The first-order chi connectivity index (χ1) is 8.31. The minimum Gasteiger partial charge on any atom is -0.324 e. The van der Waals surface area contributed by atoms with Gasteiger partial charge in [0, 0.05) is 16.7 Å². The molecule has 0 amide bonds. The Morgan fingerprint density at radius 2 is 2.00 bits per heavy atom. The van der Waals surface area contributed by atoms with E-state index < -0.39 is 0 Å². The van der Waals surface area contributed by atoms with Crippen LogP contribution in [0.25, 0.3) is 0 Å². The maximum atomic E-state index is 6.17. The monoisotopic (exact) mass is 249 g/mol. The van der Waals surface area contributed by atoms with Crippen molar-refractivity contribution in [2.75, 3.05) is 5.75 Å². The molecule has 1 aliphatic rings. The van der Waals surface area contributed by atoms with E-state index in [2.05, 4.69) is 31.2 Å². The second kappa shape index (κ2) is 6.46. The number of hydrogen-bond donors (Lipinski definition) is 1. The molecule has 0 aliphatic heterocycles. The molecule has 0 spiro atoms. The zero-order valence-electron chi connectivity index (χ0n) is 10.7. The molecule has 94 valence electrons. The normalized spacial score (nSPS) is 18.5. The van der Waals surface area contributed by atoms with E-state index in [4.69, 9.17) is 5.73 Å². The van der Waals surface area contributed by atoms with Gasteiger partial charge >= 0.3 is 0 Å². The Morgan fingerprint density at radius 1 is 1.29 bits per heavy atom. The molecular weight excluding hydrogens is 226 g/mol. The van der Waals surface area contributed by atoms with E-state index in [-0.39, 0.29) is 6.04 Å². The van der Waals surface area contributed by atoms with Crippen molar-refractivity contribution in [2.24, 2.45) is 11.7 Å². The summed E-state index contributed by atoms with van der Waals surface area (Å²) in [5.74, 6) is 2.21. The molecule has 1 aromatic rings. The van der Waals surface area contributed by atoms with Gasteiger partial charge in [0.2, 0.25) is 0 Å². The molecule has 0 radical (unpaired) electrons. The molecule has 1 fully saturated rings. The number of benzene rings is 1. The van der Waals surface area contributed by atoms with E-state index in [0.717, 1.165) is 12.3 Å². The molecule has 0 heterocycles. The van der Waals surface area contributed by atoms with E-state index in [1.54, 1.807) is 0 Å². The van der Waals surface area contributed by atoms with Crippen LogP contribution in [0.5, 0.6) is 0 Å². The average Bonchev–Trinajstić information content (AvgIpc) is 2.89. The standard InChI is InChI=1S/C15H23NS/c1-2-14(16)13-9-5-6-10-15(13)17-11-12-7-3-4-8-12/h5-6,9-10,12,14H,2-4,7-8,11,16H2,1H3/t14-/m0/s1. The van der Waals surface area contributed by atoms with Gasteiger partial charge in [-0.2, -0.15) is 0 Å². The third-order valence-corrected chi connectivity index (χ3v) is 5.03. The van der Waals surface area contributed by atoms with E-state index >= 15 is 0 Å². The first-order valence-electron chi connectivity index (χ1n) is 6.78. The lowest BCUT2D eigenvalue weighted by Gasteiger charge is -2.15. The summed E-state index contributed by atoms with van der Waals surface area (Å²) >= 11 is 2.01. The average molecular weight is 249 g/mol. The van der Waals surface area contributed by atoms with Crippen LogP contribution in [0.3, 0.4) is 0 Å². The van der Waals surface area contributed by atoms with Crippen molar-refractivity contribution in [2.45, 2.75) is 50.0 Å². The molecule has 2 heteroatoms. The fourth-order valence-corrected chi connectivity index (χ4v) is 3.83. The summed E-state index contributed by atoms with van der Waals surface area (Å²) in [6.07, 6.45) is 6.73. The molecule has 0 unspecified atom stereocenters. The van der Waals surface area contributed by atoms with Crippen LogP contribution in [0.4, 0.5) is 0 Å². The molecule has 17 heavy (non-hydrogen) atoms. The van der Waals surface area contributed by atoms with Crippen LogP contribution in [0.1, 0.15) is 50.6 Å². The van der Waals surface area contributed by atoms with Crippen LogP contribution in [0, 0.1) is 5.92 Å². The summed E-state index contributed by atoms with van der Waals surface area (Å²) in [5, 5.41) is 0.